The molecule has 2 atom stereocenters. The number of carbonyl (C=O) groups excluding carboxylic acids is 3. The number of rotatable bonds is 6. The first-order valence-corrected chi connectivity index (χ1v) is 11.6. The van der Waals surface area contributed by atoms with E-state index in [2.05, 4.69) is 25.5 Å². The van der Waals surface area contributed by atoms with E-state index in [9.17, 15) is 18.8 Å². The summed E-state index contributed by atoms with van der Waals surface area (Å²) in [5.41, 5.74) is 7.99. The lowest BCUT2D eigenvalue weighted by atomic mass is 10.0. The largest absolute Gasteiger partial charge is 0.366 e. The number of aromatic nitrogens is 5. The van der Waals surface area contributed by atoms with Crippen LogP contribution in [-0.4, -0.2) is 66.1 Å². The first-order chi connectivity index (χ1) is 17.8. The van der Waals surface area contributed by atoms with Gasteiger partial charge in [-0.2, -0.15) is 10.2 Å². The van der Waals surface area contributed by atoms with Crippen LogP contribution in [0.3, 0.4) is 0 Å². The van der Waals surface area contributed by atoms with Crippen LogP contribution in [0.1, 0.15) is 16.8 Å². The van der Waals surface area contributed by atoms with E-state index in [0.29, 0.717) is 10.9 Å². The molecule has 4 aromatic rings. The molecule has 1 aromatic carbocycles. The number of hydrogen-bond donors (Lipinski definition) is 2. The van der Waals surface area contributed by atoms with E-state index >= 15 is 0 Å². The third-order valence-corrected chi connectivity index (χ3v) is 6.28. The molecule has 0 spiro atoms. The van der Waals surface area contributed by atoms with Gasteiger partial charge in [0.1, 0.15) is 23.9 Å². The number of carbonyl (C=O) groups is 3. The number of nitrogens with one attached hydrogen (secondary N) is 1. The lowest BCUT2D eigenvalue weighted by molar-refractivity contribution is -0.137. The number of nitrogens with zero attached hydrogens (tertiary/aromatic N) is 6. The molecule has 4 heterocycles. The Morgan fingerprint density at radius 3 is 2.70 bits per heavy atom. The van der Waals surface area contributed by atoms with Crippen molar-refractivity contribution < 1.29 is 18.8 Å². The minimum Gasteiger partial charge on any atom is -0.366 e. The zero-order valence-electron chi connectivity index (χ0n) is 19.2. The van der Waals surface area contributed by atoms with E-state index in [-0.39, 0.29) is 36.0 Å². The standard InChI is InChI=1S/C24H20ClFN8O3/c25-20-8-28-9-21(31-20)32-24(37)19-6-15(26)10-34(19)22(35)12-33-11-17(23(27)36)16-5-13(1-2-18(16)33)14-3-4-29-30-7-14/h1-5,7-9,11,15,19H,6,10,12H2,(H2,27,36)(H,31,32,37)/t15-,19+/m1/s1. The molecule has 5 rings (SSSR count). The third-order valence-electron chi connectivity index (χ3n) is 6.10. The molecule has 3 amide bonds. The van der Waals surface area contributed by atoms with Gasteiger partial charge in [0.05, 0.1) is 36.9 Å². The number of primary amides is 1. The van der Waals surface area contributed by atoms with Crippen LogP contribution in [0.2, 0.25) is 5.15 Å². The van der Waals surface area contributed by atoms with Gasteiger partial charge in [0.2, 0.25) is 11.8 Å². The van der Waals surface area contributed by atoms with Crippen LogP contribution in [0.25, 0.3) is 22.0 Å². The second kappa shape index (κ2) is 9.90. The van der Waals surface area contributed by atoms with Gasteiger partial charge < -0.3 is 20.5 Å². The Morgan fingerprint density at radius 2 is 1.97 bits per heavy atom. The van der Waals surface area contributed by atoms with Gasteiger partial charge in [-0.05, 0) is 23.8 Å². The molecule has 0 radical (unpaired) electrons. The molecule has 1 fully saturated rings. The highest BCUT2D eigenvalue weighted by Gasteiger charge is 2.40. The SMILES string of the molecule is NC(=O)c1cn(CC(=O)N2C[C@H](F)C[C@H]2C(=O)Nc2cncc(Cl)n2)c2ccc(-c3ccnnc3)cc12. The zero-order chi connectivity index (χ0) is 26.1. The third kappa shape index (κ3) is 4.96. The Balaban J connectivity index is 1.41. The Labute approximate surface area is 214 Å². The maximum absolute atomic E-state index is 14.4. The molecule has 188 valence electrons. The van der Waals surface area contributed by atoms with Gasteiger partial charge in [-0.15, -0.1) is 0 Å². The molecular weight excluding hydrogens is 503 g/mol. The monoisotopic (exact) mass is 522 g/mol. The van der Waals surface area contributed by atoms with E-state index in [1.807, 2.05) is 6.07 Å². The van der Waals surface area contributed by atoms with Crippen LogP contribution in [0.4, 0.5) is 10.2 Å². The van der Waals surface area contributed by atoms with Crippen molar-refractivity contribution in [2.24, 2.45) is 5.73 Å². The fourth-order valence-electron chi connectivity index (χ4n) is 4.42. The summed E-state index contributed by atoms with van der Waals surface area (Å²) in [6.07, 6.45) is 5.70. The minimum absolute atomic E-state index is 0.0774. The predicted octanol–water partition coefficient (Wildman–Crippen LogP) is 2.22. The number of benzene rings is 1. The predicted molar refractivity (Wildman–Crippen MR) is 132 cm³/mol. The molecular formula is C24H20ClFN8O3. The average Bonchev–Trinajstić information content (AvgIpc) is 3.45. The van der Waals surface area contributed by atoms with E-state index < -0.39 is 29.9 Å². The van der Waals surface area contributed by atoms with Gasteiger partial charge >= 0.3 is 0 Å². The normalized spacial score (nSPS) is 17.2. The lowest BCUT2D eigenvalue weighted by Gasteiger charge is -2.24. The summed E-state index contributed by atoms with van der Waals surface area (Å²) < 4.78 is 15.9. The van der Waals surface area contributed by atoms with Crippen LogP contribution >= 0.6 is 11.6 Å². The molecule has 37 heavy (non-hydrogen) atoms. The summed E-state index contributed by atoms with van der Waals surface area (Å²) >= 11 is 5.81. The second-order valence-electron chi connectivity index (χ2n) is 8.51. The topological polar surface area (TPSA) is 149 Å². The quantitative estimate of drug-likeness (QED) is 0.394. The number of anilines is 1. The van der Waals surface area contributed by atoms with Gasteiger partial charge in [0.25, 0.3) is 5.91 Å². The molecule has 0 saturated carbocycles. The number of hydrogen-bond acceptors (Lipinski definition) is 7. The van der Waals surface area contributed by atoms with Gasteiger partial charge in [-0.3, -0.25) is 19.4 Å². The molecule has 3 N–H and O–H groups in total. The van der Waals surface area contributed by atoms with E-state index in [0.717, 1.165) is 11.1 Å². The Hall–Kier alpha value is -4.45. The molecule has 0 aliphatic carbocycles. The van der Waals surface area contributed by atoms with Crippen LogP contribution < -0.4 is 11.1 Å². The molecule has 1 aliphatic heterocycles. The summed E-state index contributed by atoms with van der Waals surface area (Å²) in [6, 6.07) is 6.09. The number of fused-ring (bicyclic) bond motifs is 1. The van der Waals surface area contributed by atoms with Crippen molar-refractivity contribution in [1.82, 2.24) is 29.6 Å². The van der Waals surface area contributed by atoms with Crippen molar-refractivity contribution in [2.45, 2.75) is 25.2 Å². The smallest absolute Gasteiger partial charge is 0.250 e. The fraction of sp³-hybridized carbons (Fsp3) is 0.208. The van der Waals surface area contributed by atoms with Crippen LogP contribution in [0, 0.1) is 0 Å². The van der Waals surface area contributed by atoms with E-state index in [4.69, 9.17) is 17.3 Å². The number of alkyl halides is 1. The number of amides is 3. The van der Waals surface area contributed by atoms with Gasteiger partial charge in [-0.25, -0.2) is 9.37 Å². The van der Waals surface area contributed by atoms with E-state index in [1.165, 1.54) is 23.5 Å². The summed E-state index contributed by atoms with van der Waals surface area (Å²) in [7, 11) is 0. The second-order valence-corrected chi connectivity index (χ2v) is 8.90. The number of halogens is 2. The summed E-state index contributed by atoms with van der Waals surface area (Å²) in [5.74, 6) is -1.66. The molecule has 0 unspecified atom stereocenters. The Morgan fingerprint density at radius 1 is 1.14 bits per heavy atom. The summed E-state index contributed by atoms with van der Waals surface area (Å²) in [6.45, 7) is -0.466. The first-order valence-electron chi connectivity index (χ1n) is 11.2. The van der Waals surface area contributed by atoms with Crippen molar-refractivity contribution in [3.05, 3.63) is 66.0 Å². The van der Waals surface area contributed by atoms with Gasteiger partial charge in [0.15, 0.2) is 5.82 Å². The molecule has 11 nitrogen and oxygen atoms in total. The highest BCUT2D eigenvalue weighted by molar-refractivity contribution is 6.29. The maximum Gasteiger partial charge on any atom is 0.250 e. The average molecular weight is 523 g/mol. The molecule has 1 saturated heterocycles. The molecule has 0 bridgehead atoms. The molecule has 13 heteroatoms. The van der Waals surface area contributed by atoms with Crippen LogP contribution in [0.5, 0.6) is 0 Å². The highest BCUT2D eigenvalue weighted by atomic mass is 35.5. The van der Waals surface area contributed by atoms with Crippen LogP contribution in [-0.2, 0) is 16.1 Å². The van der Waals surface area contributed by atoms with Crippen LogP contribution in [0.15, 0.2) is 55.2 Å². The fourth-order valence-corrected chi connectivity index (χ4v) is 4.57. The van der Waals surface area contributed by atoms with Crippen molar-refractivity contribution in [3.63, 3.8) is 0 Å². The van der Waals surface area contributed by atoms with Crippen molar-refractivity contribution in [2.75, 3.05) is 11.9 Å². The Bertz CT molecular complexity index is 1510. The Kier molecular flexibility index (Phi) is 6.49. The lowest BCUT2D eigenvalue weighted by Crippen LogP contribution is -2.44. The minimum atomic E-state index is -1.37. The number of likely N-dealkylation sites (tertiary alicyclic amines) is 1. The van der Waals surface area contributed by atoms with Gasteiger partial charge in [0, 0.05) is 29.1 Å². The number of nitrogens with two attached hydrogens (primary N) is 1. The summed E-state index contributed by atoms with van der Waals surface area (Å²) in [5, 5.41) is 10.8. The zero-order valence-corrected chi connectivity index (χ0v) is 20.0. The van der Waals surface area contributed by atoms with E-state index in [1.54, 1.807) is 35.2 Å². The maximum atomic E-state index is 14.4. The molecule has 1 aliphatic rings. The van der Waals surface area contributed by atoms with Crippen molar-refractivity contribution >= 4 is 46.0 Å². The first kappa shape index (κ1) is 24.3. The van der Waals surface area contributed by atoms with Crippen molar-refractivity contribution in [1.29, 1.82) is 0 Å². The molecule has 3 aromatic heterocycles. The highest BCUT2D eigenvalue weighted by Crippen LogP contribution is 2.29. The van der Waals surface area contributed by atoms with Crippen molar-refractivity contribution in [3.8, 4) is 11.1 Å². The summed E-state index contributed by atoms with van der Waals surface area (Å²) in [4.78, 5) is 47.3. The van der Waals surface area contributed by atoms with Gasteiger partial charge in [-0.1, -0.05) is 17.7 Å².